The molecule has 0 saturated carbocycles. The van der Waals surface area contributed by atoms with Gasteiger partial charge in [0.25, 0.3) is 0 Å². The number of aliphatic carboxylic acids is 1. The highest BCUT2D eigenvalue weighted by Crippen LogP contribution is 2.23. The summed E-state index contributed by atoms with van der Waals surface area (Å²) in [5.74, 6) is -1.60. The fourth-order valence-electron chi connectivity index (χ4n) is 1.92. The Morgan fingerprint density at radius 1 is 1.24 bits per heavy atom. The molecule has 0 aliphatic rings. The summed E-state index contributed by atoms with van der Waals surface area (Å²) in [6.07, 6.45) is 0.492. The van der Waals surface area contributed by atoms with Gasteiger partial charge >= 0.3 is 11.9 Å². The molecule has 0 spiro atoms. The van der Waals surface area contributed by atoms with Crippen LogP contribution in [0.1, 0.15) is 38.7 Å². The van der Waals surface area contributed by atoms with Gasteiger partial charge in [0.05, 0.1) is 12.5 Å². The van der Waals surface area contributed by atoms with Crippen molar-refractivity contribution < 1.29 is 19.4 Å². The number of carboxylic acids is 1. The Morgan fingerprint density at radius 2 is 1.86 bits per heavy atom. The van der Waals surface area contributed by atoms with Gasteiger partial charge in [0.1, 0.15) is 5.60 Å². The first-order chi connectivity index (χ1) is 9.79. The Hall–Kier alpha value is -1.88. The van der Waals surface area contributed by atoms with Crippen molar-refractivity contribution in [3.8, 4) is 0 Å². The number of rotatable bonds is 7. The predicted octanol–water partition coefficient (Wildman–Crippen LogP) is 2.18. The second-order valence-corrected chi connectivity index (χ2v) is 5.86. The number of carboxylic acid groups (broad SMARTS) is 1. The Bertz CT molecular complexity index is 465. The Labute approximate surface area is 125 Å². The van der Waals surface area contributed by atoms with Gasteiger partial charge in [-0.25, -0.2) is 0 Å². The molecule has 0 bridgehead atoms. The van der Waals surface area contributed by atoms with Crippen LogP contribution in [-0.4, -0.2) is 35.7 Å². The highest BCUT2D eigenvalue weighted by molar-refractivity contribution is 5.78. The van der Waals surface area contributed by atoms with Gasteiger partial charge in [-0.3, -0.25) is 9.59 Å². The summed E-state index contributed by atoms with van der Waals surface area (Å²) in [5, 5.41) is 11.4. The highest BCUT2D eigenvalue weighted by Gasteiger charge is 2.26. The van der Waals surface area contributed by atoms with Gasteiger partial charge in [0, 0.05) is 0 Å². The molecular formula is C16H23NO4. The molecule has 116 valence electrons. The van der Waals surface area contributed by atoms with E-state index >= 15 is 0 Å². The normalized spacial score (nSPS) is 12.7. The van der Waals surface area contributed by atoms with Gasteiger partial charge in [0.2, 0.25) is 0 Å². The number of benzene rings is 1. The number of carbonyl (C=O) groups excluding carboxylic acids is 1. The first-order valence-electron chi connectivity index (χ1n) is 7.00. The number of nitrogens with one attached hydrogen (secondary N) is 1. The number of hydrogen-bond donors (Lipinski definition) is 2. The monoisotopic (exact) mass is 293 g/mol. The van der Waals surface area contributed by atoms with Crippen molar-refractivity contribution in [1.82, 2.24) is 5.32 Å². The number of esters is 1. The smallest absolute Gasteiger partial charge is 0.317 e. The van der Waals surface area contributed by atoms with E-state index in [0.717, 1.165) is 5.56 Å². The van der Waals surface area contributed by atoms with Crippen molar-refractivity contribution in [3.63, 3.8) is 0 Å². The second kappa shape index (κ2) is 7.78. The zero-order chi connectivity index (χ0) is 15.9. The lowest BCUT2D eigenvalue weighted by Gasteiger charge is -2.24. The van der Waals surface area contributed by atoms with Crippen molar-refractivity contribution in [2.24, 2.45) is 0 Å². The third-order valence-corrected chi connectivity index (χ3v) is 2.78. The minimum atomic E-state index is -0.913. The molecule has 1 aromatic rings. The van der Waals surface area contributed by atoms with Crippen LogP contribution in [0.5, 0.6) is 0 Å². The summed E-state index contributed by atoms with van der Waals surface area (Å²) in [6, 6.07) is 9.39. The van der Waals surface area contributed by atoms with E-state index in [4.69, 9.17) is 9.84 Å². The summed E-state index contributed by atoms with van der Waals surface area (Å²) >= 11 is 0. The molecule has 1 unspecified atom stereocenters. The molecule has 0 heterocycles. The lowest BCUT2D eigenvalue weighted by molar-refractivity contribution is -0.156. The van der Waals surface area contributed by atoms with E-state index in [0.29, 0.717) is 13.0 Å². The zero-order valence-corrected chi connectivity index (χ0v) is 12.8. The van der Waals surface area contributed by atoms with Gasteiger partial charge in [0.15, 0.2) is 0 Å². The third-order valence-electron chi connectivity index (χ3n) is 2.78. The van der Waals surface area contributed by atoms with Crippen LogP contribution in [0, 0.1) is 0 Å². The third kappa shape index (κ3) is 6.90. The Balaban J connectivity index is 2.71. The van der Waals surface area contributed by atoms with Crippen molar-refractivity contribution in [2.75, 3.05) is 13.1 Å². The van der Waals surface area contributed by atoms with Gasteiger partial charge in [-0.2, -0.15) is 0 Å². The van der Waals surface area contributed by atoms with Gasteiger partial charge in [-0.05, 0) is 39.3 Å². The topological polar surface area (TPSA) is 75.6 Å². The molecule has 1 atom stereocenters. The summed E-state index contributed by atoms with van der Waals surface area (Å²) < 4.78 is 5.45. The Morgan fingerprint density at radius 3 is 2.38 bits per heavy atom. The average molecular weight is 293 g/mol. The maximum atomic E-state index is 12.3. The molecule has 21 heavy (non-hydrogen) atoms. The predicted molar refractivity (Wildman–Crippen MR) is 80.2 cm³/mol. The molecule has 0 aliphatic heterocycles. The average Bonchev–Trinajstić information content (AvgIpc) is 2.37. The maximum absolute atomic E-state index is 12.3. The lowest BCUT2D eigenvalue weighted by atomic mass is 9.95. The lowest BCUT2D eigenvalue weighted by Crippen LogP contribution is -2.30. The zero-order valence-electron chi connectivity index (χ0n) is 12.8. The van der Waals surface area contributed by atoms with Crippen molar-refractivity contribution in [3.05, 3.63) is 35.9 Å². The van der Waals surface area contributed by atoms with Crippen LogP contribution in [0.4, 0.5) is 0 Å². The van der Waals surface area contributed by atoms with Crippen LogP contribution >= 0.6 is 0 Å². The SMILES string of the molecule is CC(C)(C)OC(=O)C(CCNCC(=O)O)c1ccccc1. The van der Waals surface area contributed by atoms with E-state index in [1.165, 1.54) is 0 Å². The van der Waals surface area contributed by atoms with Crippen LogP contribution in [0.3, 0.4) is 0 Å². The fraction of sp³-hybridized carbons (Fsp3) is 0.500. The van der Waals surface area contributed by atoms with Crippen LogP contribution in [0.15, 0.2) is 30.3 Å². The molecular weight excluding hydrogens is 270 g/mol. The summed E-state index contributed by atoms with van der Waals surface area (Å²) in [4.78, 5) is 22.8. The van der Waals surface area contributed by atoms with E-state index < -0.39 is 17.5 Å². The first kappa shape index (κ1) is 17.2. The maximum Gasteiger partial charge on any atom is 0.317 e. The molecule has 0 saturated heterocycles. The molecule has 0 radical (unpaired) electrons. The molecule has 0 fully saturated rings. The fourth-order valence-corrected chi connectivity index (χ4v) is 1.92. The van der Waals surface area contributed by atoms with Crippen molar-refractivity contribution in [2.45, 2.75) is 38.7 Å². The standard InChI is InChI=1S/C16H23NO4/c1-16(2,3)21-15(20)13(9-10-17-11-14(18)19)12-7-5-4-6-8-12/h4-8,13,17H,9-11H2,1-3H3,(H,18,19). The minimum absolute atomic E-state index is 0.115. The summed E-state index contributed by atoms with van der Waals surface area (Å²) in [6.45, 7) is 5.81. The van der Waals surface area contributed by atoms with E-state index in [1.54, 1.807) is 0 Å². The molecule has 0 aliphatic carbocycles. The highest BCUT2D eigenvalue weighted by atomic mass is 16.6. The number of carbonyl (C=O) groups is 2. The van der Waals surface area contributed by atoms with Crippen molar-refractivity contribution in [1.29, 1.82) is 0 Å². The quantitative estimate of drug-likeness (QED) is 0.595. The number of ether oxygens (including phenoxy) is 1. The second-order valence-electron chi connectivity index (χ2n) is 5.86. The van der Waals surface area contributed by atoms with Crippen LogP contribution in [0.25, 0.3) is 0 Å². The molecule has 1 rings (SSSR count). The first-order valence-corrected chi connectivity index (χ1v) is 7.00. The molecule has 2 N–H and O–H groups in total. The molecule has 1 aromatic carbocycles. The van der Waals surface area contributed by atoms with E-state index in [9.17, 15) is 9.59 Å². The van der Waals surface area contributed by atoms with Crippen molar-refractivity contribution >= 4 is 11.9 Å². The largest absolute Gasteiger partial charge is 0.480 e. The molecule has 5 heteroatoms. The minimum Gasteiger partial charge on any atom is -0.480 e. The van der Waals surface area contributed by atoms with Crippen LogP contribution in [0.2, 0.25) is 0 Å². The van der Waals surface area contributed by atoms with E-state index in [1.807, 2.05) is 51.1 Å². The van der Waals surface area contributed by atoms with E-state index in [-0.39, 0.29) is 12.5 Å². The Kier molecular flexibility index (Phi) is 6.37. The molecule has 5 nitrogen and oxygen atoms in total. The molecule has 0 aromatic heterocycles. The van der Waals surface area contributed by atoms with Crippen LogP contribution in [-0.2, 0) is 14.3 Å². The number of hydrogen-bond acceptors (Lipinski definition) is 4. The summed E-state index contributed by atoms with van der Waals surface area (Å²) in [7, 11) is 0. The van der Waals surface area contributed by atoms with Gasteiger partial charge < -0.3 is 15.2 Å². The summed E-state index contributed by atoms with van der Waals surface area (Å²) in [5.41, 5.74) is 0.336. The molecule has 0 amide bonds. The van der Waals surface area contributed by atoms with Gasteiger partial charge in [-0.15, -0.1) is 0 Å². The van der Waals surface area contributed by atoms with Crippen LogP contribution < -0.4 is 5.32 Å². The van der Waals surface area contributed by atoms with Gasteiger partial charge in [-0.1, -0.05) is 30.3 Å². The van der Waals surface area contributed by atoms with E-state index in [2.05, 4.69) is 5.32 Å².